The zero-order chi connectivity index (χ0) is 20.5. The third kappa shape index (κ3) is 6.12. The Morgan fingerprint density at radius 3 is 2.39 bits per heavy atom. The number of carbonyl (C=O) groups is 3. The molecule has 0 bridgehead atoms. The fourth-order valence-electron chi connectivity index (χ4n) is 2.51. The van der Waals surface area contributed by atoms with E-state index in [-0.39, 0.29) is 12.2 Å². The molecule has 0 spiro atoms. The van der Waals surface area contributed by atoms with Crippen LogP contribution in [0, 0.1) is 0 Å². The van der Waals surface area contributed by atoms with Gasteiger partial charge >= 0.3 is 5.97 Å². The number of hydrogen-bond donors (Lipinski definition) is 1. The maximum Gasteiger partial charge on any atom is 0.306 e. The molecule has 0 fully saturated rings. The number of carbonyl (C=O) groups excluding carboxylic acids is 3. The van der Waals surface area contributed by atoms with Crippen LogP contribution in [0.25, 0.3) is 0 Å². The Morgan fingerprint density at radius 1 is 0.964 bits per heavy atom. The quantitative estimate of drug-likeness (QED) is 0.527. The molecule has 1 amide bonds. The molecule has 7 heteroatoms. The Labute approximate surface area is 163 Å². The second-order valence-electron chi connectivity index (χ2n) is 6.04. The molecule has 0 heterocycles. The molecule has 0 atom stereocenters. The molecule has 0 saturated carbocycles. The summed E-state index contributed by atoms with van der Waals surface area (Å²) in [5.74, 6) is 0.139. The number of ketones is 1. The average molecular weight is 385 g/mol. The zero-order valence-corrected chi connectivity index (χ0v) is 16.1. The third-order valence-electron chi connectivity index (χ3n) is 3.98. The van der Waals surface area contributed by atoms with Gasteiger partial charge in [0.25, 0.3) is 5.91 Å². The third-order valence-corrected chi connectivity index (χ3v) is 3.98. The van der Waals surface area contributed by atoms with Crippen molar-refractivity contribution in [2.45, 2.75) is 19.8 Å². The maximum atomic E-state index is 11.9. The van der Waals surface area contributed by atoms with Crippen LogP contribution in [0.3, 0.4) is 0 Å². The van der Waals surface area contributed by atoms with Crippen molar-refractivity contribution in [3.63, 3.8) is 0 Å². The highest BCUT2D eigenvalue weighted by Gasteiger charge is 2.11. The number of rotatable bonds is 9. The Morgan fingerprint density at radius 2 is 1.71 bits per heavy atom. The zero-order valence-electron chi connectivity index (χ0n) is 16.1. The predicted molar refractivity (Wildman–Crippen MR) is 104 cm³/mol. The topological polar surface area (TPSA) is 90.9 Å². The predicted octanol–water partition coefficient (Wildman–Crippen LogP) is 3.02. The van der Waals surface area contributed by atoms with Crippen molar-refractivity contribution in [1.82, 2.24) is 0 Å². The van der Waals surface area contributed by atoms with Gasteiger partial charge in [0.1, 0.15) is 0 Å². The molecule has 2 rings (SSSR count). The van der Waals surface area contributed by atoms with E-state index >= 15 is 0 Å². The lowest BCUT2D eigenvalue weighted by molar-refractivity contribution is -0.147. The van der Waals surface area contributed by atoms with Crippen LogP contribution in [0.4, 0.5) is 5.69 Å². The van der Waals surface area contributed by atoms with Crippen LogP contribution in [0.15, 0.2) is 42.5 Å². The maximum absolute atomic E-state index is 11.9. The molecule has 0 unspecified atom stereocenters. The molecule has 0 saturated heterocycles. The molecule has 2 aromatic carbocycles. The first kappa shape index (κ1) is 21.0. The van der Waals surface area contributed by atoms with Crippen LogP contribution in [-0.4, -0.2) is 38.5 Å². The van der Waals surface area contributed by atoms with Crippen LogP contribution < -0.4 is 14.8 Å². The van der Waals surface area contributed by atoms with Gasteiger partial charge in [0.15, 0.2) is 23.9 Å². The summed E-state index contributed by atoms with van der Waals surface area (Å²) in [5, 5.41) is 2.60. The van der Waals surface area contributed by atoms with Crippen molar-refractivity contribution in [1.29, 1.82) is 0 Å². The van der Waals surface area contributed by atoms with E-state index in [9.17, 15) is 14.4 Å². The van der Waals surface area contributed by atoms with Crippen molar-refractivity contribution in [3.8, 4) is 11.5 Å². The average Bonchev–Trinajstić information content (AvgIpc) is 2.70. The van der Waals surface area contributed by atoms with Gasteiger partial charge in [-0.3, -0.25) is 14.4 Å². The minimum atomic E-state index is -0.484. The number of amides is 1. The molecule has 148 valence electrons. The molecular weight excluding hydrogens is 362 g/mol. The Hall–Kier alpha value is -3.35. The number of benzene rings is 2. The summed E-state index contributed by atoms with van der Waals surface area (Å²) in [4.78, 5) is 35.2. The van der Waals surface area contributed by atoms with Gasteiger partial charge in [-0.05, 0) is 43.2 Å². The van der Waals surface area contributed by atoms with Crippen LogP contribution >= 0.6 is 0 Å². The Kier molecular flexibility index (Phi) is 7.56. The van der Waals surface area contributed by atoms with E-state index in [2.05, 4.69) is 5.32 Å². The summed E-state index contributed by atoms with van der Waals surface area (Å²) >= 11 is 0. The SMILES string of the molecule is COc1ccc(CCC(=O)OCC(=O)Nc2cccc(C(C)=O)c2)cc1OC. The van der Waals surface area contributed by atoms with Crippen molar-refractivity contribution in [2.75, 3.05) is 26.1 Å². The number of hydrogen-bond acceptors (Lipinski definition) is 6. The number of Topliss-reactive ketones (excluding diaryl/α,β-unsaturated/α-hetero) is 1. The van der Waals surface area contributed by atoms with Gasteiger partial charge in [0.2, 0.25) is 0 Å². The highest BCUT2D eigenvalue weighted by atomic mass is 16.5. The van der Waals surface area contributed by atoms with E-state index in [1.807, 2.05) is 6.07 Å². The van der Waals surface area contributed by atoms with Crippen molar-refractivity contribution in [2.24, 2.45) is 0 Å². The molecule has 0 aromatic heterocycles. The van der Waals surface area contributed by atoms with E-state index < -0.39 is 18.5 Å². The van der Waals surface area contributed by atoms with E-state index in [0.717, 1.165) is 5.56 Å². The van der Waals surface area contributed by atoms with Crippen molar-refractivity contribution in [3.05, 3.63) is 53.6 Å². The van der Waals surface area contributed by atoms with E-state index in [0.29, 0.717) is 29.2 Å². The van der Waals surface area contributed by atoms with Gasteiger partial charge in [-0.2, -0.15) is 0 Å². The summed E-state index contributed by atoms with van der Waals surface area (Å²) in [7, 11) is 3.09. The lowest BCUT2D eigenvalue weighted by Crippen LogP contribution is -2.21. The number of nitrogens with one attached hydrogen (secondary N) is 1. The number of anilines is 1. The smallest absolute Gasteiger partial charge is 0.306 e. The molecule has 0 aliphatic carbocycles. The van der Waals surface area contributed by atoms with Crippen molar-refractivity contribution >= 4 is 23.3 Å². The van der Waals surface area contributed by atoms with Gasteiger partial charge in [-0.15, -0.1) is 0 Å². The molecule has 28 heavy (non-hydrogen) atoms. The molecule has 1 N–H and O–H groups in total. The lowest BCUT2D eigenvalue weighted by atomic mass is 10.1. The molecule has 0 aliphatic rings. The number of methoxy groups -OCH3 is 2. The summed E-state index contributed by atoms with van der Waals surface area (Å²) in [6.45, 7) is 1.05. The van der Waals surface area contributed by atoms with Crippen LogP contribution in [-0.2, 0) is 20.7 Å². The van der Waals surface area contributed by atoms with Gasteiger partial charge in [-0.1, -0.05) is 18.2 Å². The van der Waals surface area contributed by atoms with Crippen LogP contribution in [0.5, 0.6) is 11.5 Å². The normalized spacial score (nSPS) is 10.1. The minimum Gasteiger partial charge on any atom is -0.493 e. The Balaban J connectivity index is 1.80. The summed E-state index contributed by atoms with van der Waals surface area (Å²) in [6.07, 6.45) is 0.573. The second-order valence-corrected chi connectivity index (χ2v) is 6.04. The molecule has 0 aliphatic heterocycles. The summed E-state index contributed by atoms with van der Waals surface area (Å²) < 4.78 is 15.4. The van der Waals surface area contributed by atoms with E-state index in [1.165, 1.54) is 6.92 Å². The largest absolute Gasteiger partial charge is 0.493 e. The number of ether oxygens (including phenoxy) is 3. The standard InChI is InChI=1S/C21H23NO6/c1-14(23)16-5-4-6-17(12-16)22-20(24)13-28-21(25)10-8-15-7-9-18(26-2)19(11-15)27-3/h4-7,9,11-12H,8,10,13H2,1-3H3,(H,22,24). The summed E-state index contributed by atoms with van der Waals surface area (Å²) in [5.41, 5.74) is 1.85. The van der Waals surface area contributed by atoms with Gasteiger partial charge in [0, 0.05) is 17.7 Å². The fourth-order valence-corrected chi connectivity index (χ4v) is 2.51. The van der Waals surface area contributed by atoms with E-state index in [1.54, 1.807) is 50.6 Å². The summed E-state index contributed by atoms with van der Waals surface area (Å²) in [6, 6.07) is 11.9. The van der Waals surface area contributed by atoms with Gasteiger partial charge < -0.3 is 19.5 Å². The highest BCUT2D eigenvalue weighted by molar-refractivity contribution is 5.97. The first-order valence-electron chi connectivity index (χ1n) is 8.70. The van der Waals surface area contributed by atoms with Gasteiger partial charge in [0.05, 0.1) is 14.2 Å². The molecule has 7 nitrogen and oxygen atoms in total. The molecule has 2 aromatic rings. The number of aryl methyl sites for hydroxylation is 1. The Bertz CT molecular complexity index is 862. The number of esters is 1. The first-order chi connectivity index (χ1) is 13.4. The molecule has 0 radical (unpaired) electrons. The monoisotopic (exact) mass is 385 g/mol. The van der Waals surface area contributed by atoms with Crippen LogP contribution in [0.2, 0.25) is 0 Å². The van der Waals surface area contributed by atoms with Gasteiger partial charge in [-0.25, -0.2) is 0 Å². The first-order valence-corrected chi connectivity index (χ1v) is 8.70. The lowest BCUT2D eigenvalue weighted by Gasteiger charge is -2.10. The van der Waals surface area contributed by atoms with Crippen molar-refractivity contribution < 1.29 is 28.6 Å². The highest BCUT2D eigenvalue weighted by Crippen LogP contribution is 2.28. The molecular formula is C21H23NO6. The second kappa shape index (κ2) is 10.1. The fraction of sp³-hybridized carbons (Fsp3) is 0.286. The van der Waals surface area contributed by atoms with E-state index in [4.69, 9.17) is 14.2 Å². The van der Waals surface area contributed by atoms with Crippen LogP contribution in [0.1, 0.15) is 29.3 Å². The minimum absolute atomic E-state index is 0.0994.